The smallest absolute Gasteiger partial charge is 0.337 e. The number of likely N-dealkylation sites (N-methyl/N-ethyl adjacent to an activating group) is 1. The Morgan fingerprint density at radius 1 is 1.12 bits per heavy atom. The summed E-state index contributed by atoms with van der Waals surface area (Å²) in [5.41, 5.74) is 4.89. The molecule has 3 aromatic carbocycles. The van der Waals surface area contributed by atoms with Gasteiger partial charge in [-0.05, 0) is 68.2 Å². The van der Waals surface area contributed by atoms with Gasteiger partial charge < -0.3 is 24.4 Å². The van der Waals surface area contributed by atoms with E-state index in [2.05, 4.69) is 40.4 Å². The monoisotopic (exact) mass is 556 g/mol. The zero-order valence-corrected chi connectivity index (χ0v) is 23.4. The van der Waals surface area contributed by atoms with E-state index in [0.29, 0.717) is 18.1 Å². The molecule has 0 aliphatic carbocycles. The van der Waals surface area contributed by atoms with Gasteiger partial charge in [0.15, 0.2) is 17.6 Å². The number of aromatic nitrogens is 1. The van der Waals surface area contributed by atoms with Crippen molar-refractivity contribution in [2.75, 3.05) is 50.6 Å². The van der Waals surface area contributed by atoms with Gasteiger partial charge in [0.05, 0.1) is 34.3 Å². The van der Waals surface area contributed by atoms with Gasteiger partial charge in [0.25, 0.3) is 0 Å². The van der Waals surface area contributed by atoms with E-state index in [-0.39, 0.29) is 18.2 Å². The molecule has 1 saturated heterocycles. The minimum absolute atomic E-state index is 0.148. The van der Waals surface area contributed by atoms with Crippen molar-refractivity contribution < 1.29 is 19.0 Å². The molecule has 0 radical (unpaired) electrons. The minimum Gasteiger partial charge on any atom is -0.485 e. The summed E-state index contributed by atoms with van der Waals surface area (Å²) >= 11 is 1.68. The summed E-state index contributed by atoms with van der Waals surface area (Å²) in [5.74, 6) is 1.81. The van der Waals surface area contributed by atoms with Crippen LogP contribution in [0, 0.1) is 0 Å². The van der Waals surface area contributed by atoms with Gasteiger partial charge in [-0.1, -0.05) is 24.3 Å². The number of hydrogen-bond donors (Lipinski definition) is 1. The summed E-state index contributed by atoms with van der Waals surface area (Å²) in [6.45, 7) is 3.39. The molecular formula is C31H32N4O4S. The maximum Gasteiger partial charge on any atom is 0.337 e. The second kappa shape index (κ2) is 10.3. The lowest BCUT2D eigenvalue weighted by Crippen LogP contribution is -2.46. The van der Waals surface area contributed by atoms with Crippen molar-refractivity contribution in [3.8, 4) is 11.5 Å². The van der Waals surface area contributed by atoms with Crippen LogP contribution in [0.5, 0.6) is 11.5 Å². The molecule has 0 saturated carbocycles. The second-order valence-corrected chi connectivity index (χ2v) is 11.7. The van der Waals surface area contributed by atoms with Crippen LogP contribution < -0.4 is 19.7 Å². The van der Waals surface area contributed by atoms with Crippen molar-refractivity contribution >= 4 is 38.9 Å². The third kappa shape index (κ3) is 4.53. The number of thiazole rings is 1. The molecule has 40 heavy (non-hydrogen) atoms. The molecule has 3 aliphatic rings. The van der Waals surface area contributed by atoms with Crippen molar-refractivity contribution in [2.45, 2.75) is 31.0 Å². The molecule has 7 rings (SSSR count). The van der Waals surface area contributed by atoms with Crippen LogP contribution in [0.2, 0.25) is 0 Å². The zero-order chi connectivity index (χ0) is 27.2. The molecule has 3 aliphatic heterocycles. The van der Waals surface area contributed by atoms with Gasteiger partial charge in [-0.25, -0.2) is 9.78 Å². The van der Waals surface area contributed by atoms with Crippen LogP contribution in [-0.4, -0.2) is 62.4 Å². The number of carbonyl (C=O) groups excluding carboxylic acids is 1. The Kier molecular flexibility index (Phi) is 6.48. The van der Waals surface area contributed by atoms with Crippen molar-refractivity contribution in [2.24, 2.45) is 0 Å². The van der Waals surface area contributed by atoms with Crippen molar-refractivity contribution in [3.05, 3.63) is 76.8 Å². The van der Waals surface area contributed by atoms with Crippen molar-refractivity contribution in [1.82, 2.24) is 9.88 Å². The number of ether oxygens (including phenoxy) is 3. The normalized spacial score (nSPS) is 20.8. The number of nitrogens with one attached hydrogen (secondary N) is 1. The number of nitrogens with zero attached hydrogens (tertiary/aromatic N) is 3. The highest BCUT2D eigenvalue weighted by atomic mass is 32.1. The summed E-state index contributed by atoms with van der Waals surface area (Å²) in [5, 5.41) is 4.58. The Balaban J connectivity index is 1.01. The Hall–Kier alpha value is -3.82. The molecule has 2 atom stereocenters. The van der Waals surface area contributed by atoms with Crippen LogP contribution in [0.1, 0.15) is 45.8 Å². The number of piperidine rings is 1. The van der Waals surface area contributed by atoms with Gasteiger partial charge in [-0.15, -0.1) is 11.3 Å². The Bertz CT molecular complexity index is 1530. The van der Waals surface area contributed by atoms with E-state index in [1.165, 1.54) is 17.4 Å². The first-order chi connectivity index (χ1) is 19.6. The second-order valence-electron chi connectivity index (χ2n) is 10.7. The molecule has 1 N–H and O–H groups in total. The molecule has 1 aromatic heterocycles. The molecule has 0 spiro atoms. The van der Waals surface area contributed by atoms with Crippen LogP contribution in [0.15, 0.2) is 60.7 Å². The number of hydrogen-bond acceptors (Lipinski definition) is 9. The molecule has 4 heterocycles. The van der Waals surface area contributed by atoms with Gasteiger partial charge in [0.1, 0.15) is 17.8 Å². The predicted octanol–water partition coefficient (Wildman–Crippen LogP) is 5.66. The Morgan fingerprint density at radius 2 is 1.98 bits per heavy atom. The number of benzene rings is 3. The molecule has 0 amide bonds. The maximum absolute atomic E-state index is 12.0. The van der Waals surface area contributed by atoms with Crippen LogP contribution in [0.25, 0.3) is 10.2 Å². The van der Waals surface area contributed by atoms with E-state index in [0.717, 1.165) is 65.9 Å². The molecule has 4 aromatic rings. The van der Waals surface area contributed by atoms with Crippen molar-refractivity contribution in [3.63, 3.8) is 0 Å². The highest BCUT2D eigenvalue weighted by molar-refractivity contribution is 7.18. The SMILES string of the molecule is COC(=O)c1ccc2c(c1)N(C)C(CN1CCC(c3cccc4c3OC(c3nc5ccccc5s3)CO4)CC1)N2. The van der Waals surface area contributed by atoms with E-state index < -0.39 is 0 Å². The fourth-order valence-corrected chi connectivity index (χ4v) is 7.04. The van der Waals surface area contributed by atoms with Gasteiger partial charge >= 0.3 is 5.97 Å². The molecular weight excluding hydrogens is 524 g/mol. The van der Waals surface area contributed by atoms with Crippen LogP contribution in [0.4, 0.5) is 11.4 Å². The summed E-state index contributed by atoms with van der Waals surface area (Å²) in [4.78, 5) is 21.6. The number of rotatable bonds is 5. The number of fused-ring (bicyclic) bond motifs is 3. The van der Waals surface area contributed by atoms with Gasteiger partial charge in [0, 0.05) is 19.2 Å². The third-order valence-corrected chi connectivity index (χ3v) is 9.42. The van der Waals surface area contributed by atoms with Gasteiger partial charge in [-0.2, -0.15) is 0 Å². The number of carbonyl (C=O) groups is 1. The number of likely N-dealkylation sites (tertiary alicyclic amines) is 1. The molecule has 8 nitrogen and oxygen atoms in total. The minimum atomic E-state index is -0.314. The highest BCUT2D eigenvalue weighted by Gasteiger charge is 2.33. The summed E-state index contributed by atoms with van der Waals surface area (Å²) in [6.07, 6.45) is 2.06. The first kappa shape index (κ1) is 25.2. The average molecular weight is 557 g/mol. The standard InChI is InChI=1S/C31H32N4O4S/c1-34-24-16-20(31(36)37-2)10-11-22(24)32-28(34)17-35-14-12-19(13-15-35)21-6-5-8-25-29(21)39-26(18-38-25)30-33-23-7-3-4-9-27(23)40-30/h3-11,16,19,26,28,32H,12-15,17-18H2,1-2H3. The number of para-hydroxylation sites is 2. The molecule has 0 bridgehead atoms. The van der Waals surface area contributed by atoms with Crippen LogP contribution >= 0.6 is 11.3 Å². The third-order valence-electron chi connectivity index (χ3n) is 8.29. The van der Waals surface area contributed by atoms with E-state index in [4.69, 9.17) is 19.2 Å². The van der Waals surface area contributed by atoms with E-state index in [9.17, 15) is 4.79 Å². The largest absolute Gasteiger partial charge is 0.485 e. The summed E-state index contributed by atoms with van der Waals surface area (Å²) in [6, 6.07) is 20.2. The number of esters is 1. The van der Waals surface area contributed by atoms with Crippen LogP contribution in [-0.2, 0) is 4.74 Å². The first-order valence-electron chi connectivity index (χ1n) is 13.8. The Morgan fingerprint density at radius 3 is 2.80 bits per heavy atom. The lowest BCUT2D eigenvalue weighted by molar-refractivity contribution is 0.0601. The maximum atomic E-state index is 12.0. The van der Waals surface area contributed by atoms with E-state index in [1.54, 1.807) is 11.3 Å². The number of anilines is 2. The first-order valence-corrected chi connectivity index (χ1v) is 14.6. The number of methoxy groups -OCH3 is 1. The molecule has 206 valence electrons. The summed E-state index contributed by atoms with van der Waals surface area (Å²) in [7, 11) is 3.49. The zero-order valence-electron chi connectivity index (χ0n) is 22.6. The van der Waals surface area contributed by atoms with Gasteiger partial charge in [0.2, 0.25) is 0 Å². The summed E-state index contributed by atoms with van der Waals surface area (Å²) < 4.78 is 18.9. The lowest BCUT2D eigenvalue weighted by Gasteiger charge is -2.36. The average Bonchev–Trinajstić information content (AvgIpc) is 3.57. The predicted molar refractivity (Wildman–Crippen MR) is 157 cm³/mol. The molecule has 2 unspecified atom stereocenters. The topological polar surface area (TPSA) is 76.2 Å². The molecule has 9 heteroatoms. The quantitative estimate of drug-likeness (QED) is 0.316. The van der Waals surface area contributed by atoms with E-state index >= 15 is 0 Å². The fourth-order valence-electron chi connectivity index (χ4n) is 6.06. The highest BCUT2D eigenvalue weighted by Crippen LogP contribution is 2.45. The van der Waals surface area contributed by atoms with E-state index in [1.807, 2.05) is 42.5 Å². The van der Waals surface area contributed by atoms with Crippen LogP contribution in [0.3, 0.4) is 0 Å². The lowest BCUT2D eigenvalue weighted by atomic mass is 9.88. The Labute approximate surface area is 237 Å². The fraction of sp³-hybridized carbons (Fsp3) is 0.355. The molecule has 1 fully saturated rings. The van der Waals surface area contributed by atoms with Crippen molar-refractivity contribution in [1.29, 1.82) is 0 Å². The van der Waals surface area contributed by atoms with Gasteiger partial charge in [-0.3, -0.25) is 4.90 Å².